The number of methoxy groups -OCH3 is 1. The molecule has 0 saturated carbocycles. The van der Waals surface area contributed by atoms with Crippen molar-refractivity contribution < 1.29 is 19.1 Å². The van der Waals surface area contributed by atoms with E-state index in [-0.39, 0.29) is 0 Å². The van der Waals surface area contributed by atoms with Crippen molar-refractivity contribution in [2.24, 2.45) is 0 Å². The highest BCUT2D eigenvalue weighted by atomic mass is 35.5. The Morgan fingerprint density at radius 1 is 1.40 bits per heavy atom. The zero-order valence-corrected chi connectivity index (χ0v) is 12.7. The molecule has 0 radical (unpaired) electrons. The number of carbonyl (C=O) groups is 2. The van der Waals surface area contributed by atoms with Crippen molar-refractivity contribution >= 4 is 24.0 Å². The third-order valence-corrected chi connectivity index (χ3v) is 2.68. The maximum atomic E-state index is 11.7. The summed E-state index contributed by atoms with van der Waals surface area (Å²) in [4.78, 5) is 23.0. The molecular formula is C14H18ClNO4. The lowest BCUT2D eigenvalue weighted by Gasteiger charge is -2.22. The van der Waals surface area contributed by atoms with Crippen LogP contribution in [0.2, 0.25) is 5.02 Å². The number of alkyl carbamates (subject to hydrolysis) is 1. The topological polar surface area (TPSA) is 64.6 Å². The highest BCUT2D eigenvalue weighted by molar-refractivity contribution is 6.31. The summed E-state index contributed by atoms with van der Waals surface area (Å²) >= 11 is 6.07. The first-order valence-corrected chi connectivity index (χ1v) is 6.43. The van der Waals surface area contributed by atoms with Crippen molar-refractivity contribution in [3.8, 4) is 5.75 Å². The molecule has 6 heteroatoms. The van der Waals surface area contributed by atoms with Crippen LogP contribution in [0.1, 0.15) is 32.4 Å². The summed E-state index contributed by atoms with van der Waals surface area (Å²) in [6.07, 6.45) is -0.121. The van der Waals surface area contributed by atoms with Crippen molar-refractivity contribution in [2.45, 2.75) is 32.4 Å². The number of carbonyl (C=O) groups excluding carboxylic acids is 2. The van der Waals surface area contributed by atoms with Gasteiger partial charge in [-0.3, -0.25) is 0 Å². The summed E-state index contributed by atoms with van der Waals surface area (Å²) in [7, 11) is 1.46. The lowest BCUT2D eigenvalue weighted by atomic mass is 10.1. The first-order chi connectivity index (χ1) is 9.28. The molecule has 0 spiro atoms. The van der Waals surface area contributed by atoms with Gasteiger partial charge >= 0.3 is 6.09 Å². The second kappa shape index (κ2) is 6.61. The van der Waals surface area contributed by atoms with Gasteiger partial charge in [-0.05, 0) is 32.9 Å². The van der Waals surface area contributed by atoms with Gasteiger partial charge in [-0.25, -0.2) is 4.79 Å². The average Bonchev–Trinajstić information content (AvgIpc) is 2.33. The second-order valence-electron chi connectivity index (χ2n) is 5.12. The summed E-state index contributed by atoms with van der Waals surface area (Å²) in [6.45, 7) is 5.20. The van der Waals surface area contributed by atoms with Crippen LogP contribution in [-0.2, 0) is 9.53 Å². The van der Waals surface area contributed by atoms with Gasteiger partial charge < -0.3 is 19.6 Å². The summed E-state index contributed by atoms with van der Waals surface area (Å²) < 4.78 is 10.3. The first kappa shape index (κ1) is 16.3. The predicted octanol–water partition coefficient (Wildman–Crippen LogP) is 3.11. The predicted molar refractivity (Wildman–Crippen MR) is 76.2 cm³/mol. The van der Waals surface area contributed by atoms with Crippen LogP contribution in [0.5, 0.6) is 5.75 Å². The fraction of sp³-hybridized carbons (Fsp3) is 0.429. The van der Waals surface area contributed by atoms with Gasteiger partial charge in [-0.2, -0.15) is 0 Å². The van der Waals surface area contributed by atoms with Gasteiger partial charge in [0.1, 0.15) is 23.7 Å². The maximum absolute atomic E-state index is 11.7. The van der Waals surface area contributed by atoms with Gasteiger partial charge in [-0.15, -0.1) is 0 Å². The Morgan fingerprint density at radius 3 is 2.55 bits per heavy atom. The van der Waals surface area contributed by atoms with Crippen LogP contribution in [0.4, 0.5) is 4.79 Å². The van der Waals surface area contributed by atoms with Gasteiger partial charge in [0.15, 0.2) is 0 Å². The Labute approximate surface area is 123 Å². The summed E-state index contributed by atoms with van der Waals surface area (Å²) in [6, 6.07) is 4.04. The number of ether oxygens (including phenoxy) is 2. The van der Waals surface area contributed by atoms with E-state index in [2.05, 4.69) is 5.32 Å². The molecule has 0 saturated heterocycles. The standard InChI is InChI=1S/C14H18ClNO4/c1-14(2,3)20-13(18)16-10(8-17)12-9(15)6-5-7-11(12)19-4/h5-8,10H,1-4H3,(H,16,18). The van der Waals surface area contributed by atoms with Crippen LogP contribution in [0, 0.1) is 0 Å². The normalized spacial score (nSPS) is 12.4. The highest BCUT2D eigenvalue weighted by Gasteiger charge is 2.24. The van der Waals surface area contributed by atoms with Gasteiger partial charge in [0.05, 0.1) is 7.11 Å². The van der Waals surface area contributed by atoms with Gasteiger partial charge in [0, 0.05) is 10.6 Å². The quantitative estimate of drug-likeness (QED) is 0.868. The molecule has 1 unspecified atom stereocenters. The Hall–Kier alpha value is -1.75. The third-order valence-electron chi connectivity index (χ3n) is 2.35. The number of benzene rings is 1. The monoisotopic (exact) mass is 299 g/mol. The molecule has 1 N–H and O–H groups in total. The molecule has 5 nitrogen and oxygen atoms in total. The zero-order chi connectivity index (χ0) is 15.3. The first-order valence-electron chi connectivity index (χ1n) is 6.05. The largest absolute Gasteiger partial charge is 0.496 e. The lowest BCUT2D eigenvalue weighted by Crippen LogP contribution is -2.35. The molecule has 0 heterocycles. The summed E-state index contributed by atoms with van der Waals surface area (Å²) in [5.74, 6) is 0.422. The molecule has 1 atom stereocenters. The van der Waals surface area contributed by atoms with Crippen molar-refractivity contribution in [3.63, 3.8) is 0 Å². The molecule has 1 amide bonds. The summed E-state index contributed by atoms with van der Waals surface area (Å²) in [5, 5.41) is 2.79. The Balaban J connectivity index is 2.97. The molecule has 0 aliphatic carbocycles. The van der Waals surface area contributed by atoms with Crippen LogP contribution < -0.4 is 10.1 Å². The highest BCUT2D eigenvalue weighted by Crippen LogP contribution is 2.31. The lowest BCUT2D eigenvalue weighted by molar-refractivity contribution is -0.109. The van der Waals surface area contributed by atoms with Crippen molar-refractivity contribution in [1.82, 2.24) is 5.32 Å². The van der Waals surface area contributed by atoms with E-state index in [1.807, 2.05) is 0 Å². The van der Waals surface area contributed by atoms with E-state index in [0.717, 1.165) is 0 Å². The number of rotatable bonds is 4. The maximum Gasteiger partial charge on any atom is 0.408 e. The van der Waals surface area contributed by atoms with E-state index in [1.54, 1.807) is 39.0 Å². The van der Waals surface area contributed by atoms with E-state index < -0.39 is 17.7 Å². The van der Waals surface area contributed by atoms with Gasteiger partial charge in [0.2, 0.25) is 0 Å². The molecule has 0 aliphatic rings. The Bertz CT molecular complexity index is 496. The molecule has 1 aromatic carbocycles. The molecule has 110 valence electrons. The van der Waals surface area contributed by atoms with E-state index in [0.29, 0.717) is 22.6 Å². The van der Waals surface area contributed by atoms with Crippen LogP contribution >= 0.6 is 11.6 Å². The molecule has 0 fully saturated rings. The number of halogens is 1. The SMILES string of the molecule is COc1cccc(Cl)c1C(C=O)NC(=O)OC(C)(C)C. The molecule has 0 aliphatic heterocycles. The van der Waals surface area contributed by atoms with E-state index in [9.17, 15) is 9.59 Å². The number of nitrogens with one attached hydrogen (secondary N) is 1. The van der Waals surface area contributed by atoms with E-state index in [4.69, 9.17) is 21.1 Å². The minimum absolute atomic E-state index is 0.331. The van der Waals surface area contributed by atoms with Gasteiger partial charge in [-0.1, -0.05) is 17.7 Å². The summed E-state index contributed by atoms with van der Waals surface area (Å²) in [5.41, 5.74) is -0.250. The number of aldehydes is 1. The van der Waals surface area contributed by atoms with Crippen molar-refractivity contribution in [1.29, 1.82) is 0 Å². The minimum atomic E-state index is -0.937. The minimum Gasteiger partial charge on any atom is -0.496 e. The molecular weight excluding hydrogens is 282 g/mol. The van der Waals surface area contributed by atoms with Gasteiger partial charge in [0.25, 0.3) is 0 Å². The van der Waals surface area contributed by atoms with Crippen LogP contribution in [0.15, 0.2) is 18.2 Å². The smallest absolute Gasteiger partial charge is 0.408 e. The molecule has 1 rings (SSSR count). The van der Waals surface area contributed by atoms with Crippen LogP contribution in [0.25, 0.3) is 0 Å². The Morgan fingerprint density at radius 2 is 2.05 bits per heavy atom. The second-order valence-corrected chi connectivity index (χ2v) is 5.52. The van der Waals surface area contributed by atoms with Crippen molar-refractivity contribution in [2.75, 3.05) is 7.11 Å². The van der Waals surface area contributed by atoms with Crippen molar-refractivity contribution in [3.05, 3.63) is 28.8 Å². The third kappa shape index (κ3) is 4.42. The molecule has 1 aromatic rings. The molecule has 0 bridgehead atoms. The van der Waals surface area contributed by atoms with E-state index >= 15 is 0 Å². The number of hydrogen-bond acceptors (Lipinski definition) is 4. The number of amides is 1. The molecule has 20 heavy (non-hydrogen) atoms. The Kier molecular flexibility index (Phi) is 5.39. The van der Waals surface area contributed by atoms with Crippen LogP contribution in [0.3, 0.4) is 0 Å². The van der Waals surface area contributed by atoms with E-state index in [1.165, 1.54) is 7.11 Å². The number of hydrogen-bond donors (Lipinski definition) is 1. The average molecular weight is 300 g/mol. The van der Waals surface area contributed by atoms with Crippen LogP contribution in [-0.4, -0.2) is 25.1 Å². The zero-order valence-electron chi connectivity index (χ0n) is 11.9. The molecule has 0 aromatic heterocycles. The fourth-order valence-electron chi connectivity index (χ4n) is 1.61. The fourth-order valence-corrected chi connectivity index (χ4v) is 1.89.